The lowest BCUT2D eigenvalue weighted by atomic mass is 10.0. The first-order valence-electron chi connectivity index (χ1n) is 12.6. The number of alkyl halides is 1. The number of hydrogen-bond acceptors (Lipinski definition) is 2. The molecule has 3 aromatic rings. The van der Waals surface area contributed by atoms with Crippen molar-refractivity contribution in [2.75, 3.05) is 13.6 Å². The molecule has 186 valence electrons. The maximum Gasteiger partial charge on any atom is 0.0856 e. The van der Waals surface area contributed by atoms with Gasteiger partial charge in [-0.05, 0) is 84.0 Å². The molecule has 0 saturated carbocycles. The Morgan fingerprint density at radius 1 is 0.629 bits per heavy atom. The van der Waals surface area contributed by atoms with E-state index in [4.69, 9.17) is 0 Å². The Labute approximate surface area is 221 Å². The molecule has 0 aliphatic heterocycles. The highest BCUT2D eigenvalue weighted by atomic mass is 79.9. The molecule has 0 aromatic heterocycles. The first-order chi connectivity index (χ1) is 16.6. The summed E-state index contributed by atoms with van der Waals surface area (Å²) in [5, 5.41) is 0. The molecule has 3 heteroatoms. The maximum absolute atomic E-state index is 3.90. The first kappa shape index (κ1) is 27.2. The van der Waals surface area contributed by atoms with Crippen LogP contribution in [0.15, 0.2) is 66.9 Å². The van der Waals surface area contributed by atoms with Crippen molar-refractivity contribution in [1.29, 1.82) is 0 Å². The number of halogens is 1. The van der Waals surface area contributed by atoms with Gasteiger partial charge < -0.3 is 4.90 Å². The van der Waals surface area contributed by atoms with E-state index in [1.807, 2.05) is 0 Å². The zero-order valence-electron chi connectivity index (χ0n) is 22.5. The van der Waals surface area contributed by atoms with E-state index in [-0.39, 0.29) is 4.95 Å². The summed E-state index contributed by atoms with van der Waals surface area (Å²) < 4.78 is 0. The van der Waals surface area contributed by atoms with Gasteiger partial charge in [0.15, 0.2) is 0 Å². The highest BCUT2D eigenvalue weighted by molar-refractivity contribution is 9.09. The number of aryl methyl sites for hydroxylation is 6. The van der Waals surface area contributed by atoms with Crippen molar-refractivity contribution in [3.05, 3.63) is 117 Å². The van der Waals surface area contributed by atoms with E-state index in [9.17, 15) is 0 Å². The van der Waals surface area contributed by atoms with Crippen LogP contribution in [0.4, 0.5) is 0 Å². The fourth-order valence-corrected chi connectivity index (χ4v) is 5.27. The monoisotopic (exact) mass is 532 g/mol. The van der Waals surface area contributed by atoms with Crippen molar-refractivity contribution in [3.8, 4) is 0 Å². The van der Waals surface area contributed by atoms with Crippen LogP contribution in [0, 0.1) is 41.5 Å². The third-order valence-corrected chi connectivity index (χ3v) is 7.25. The zero-order chi connectivity index (χ0) is 25.5. The molecular weight excluding hydrogens is 492 g/mol. The second kappa shape index (κ2) is 12.6. The largest absolute Gasteiger partial charge is 0.369 e. The first-order valence-corrected chi connectivity index (χ1v) is 13.5. The number of rotatable bonds is 10. The van der Waals surface area contributed by atoms with Crippen molar-refractivity contribution >= 4 is 15.9 Å². The molecular formula is C32H41BrN2. The molecule has 1 atom stereocenters. The van der Waals surface area contributed by atoms with E-state index >= 15 is 0 Å². The van der Waals surface area contributed by atoms with Gasteiger partial charge >= 0.3 is 0 Å². The van der Waals surface area contributed by atoms with Crippen LogP contribution in [-0.2, 0) is 19.5 Å². The lowest BCUT2D eigenvalue weighted by Gasteiger charge is -2.25. The quantitative estimate of drug-likeness (QED) is 0.193. The minimum atomic E-state index is 0.175. The van der Waals surface area contributed by atoms with Crippen molar-refractivity contribution in [3.63, 3.8) is 0 Å². The molecule has 0 amide bonds. The molecule has 0 fully saturated rings. The van der Waals surface area contributed by atoms with Crippen LogP contribution < -0.4 is 0 Å². The van der Waals surface area contributed by atoms with Crippen LogP contribution in [0.1, 0.15) is 50.1 Å². The van der Waals surface area contributed by atoms with Gasteiger partial charge in [0, 0.05) is 19.6 Å². The van der Waals surface area contributed by atoms with E-state index in [1.165, 1.54) is 50.1 Å². The van der Waals surface area contributed by atoms with E-state index < -0.39 is 0 Å². The average molecular weight is 534 g/mol. The molecule has 3 aromatic carbocycles. The minimum Gasteiger partial charge on any atom is -0.369 e. The van der Waals surface area contributed by atoms with Crippen LogP contribution in [0.25, 0.3) is 0 Å². The molecule has 3 rings (SSSR count). The zero-order valence-corrected chi connectivity index (χ0v) is 24.1. The predicted octanol–water partition coefficient (Wildman–Crippen LogP) is 7.95. The van der Waals surface area contributed by atoms with Gasteiger partial charge in [-0.25, -0.2) is 0 Å². The lowest BCUT2D eigenvalue weighted by Crippen LogP contribution is -2.28. The van der Waals surface area contributed by atoms with Gasteiger partial charge in [0.05, 0.1) is 4.95 Å². The van der Waals surface area contributed by atoms with E-state index in [0.29, 0.717) is 0 Å². The molecule has 0 heterocycles. The summed E-state index contributed by atoms with van der Waals surface area (Å²) >= 11 is 3.90. The molecule has 0 bridgehead atoms. The molecule has 0 aliphatic carbocycles. The normalized spacial score (nSPS) is 12.5. The molecule has 1 unspecified atom stereocenters. The third kappa shape index (κ3) is 8.98. The fourth-order valence-electron chi connectivity index (χ4n) is 4.93. The smallest absolute Gasteiger partial charge is 0.0856 e. The van der Waals surface area contributed by atoms with Crippen LogP contribution >= 0.6 is 15.9 Å². The van der Waals surface area contributed by atoms with Gasteiger partial charge in [-0.2, -0.15) is 0 Å². The molecule has 0 aliphatic rings. The summed E-state index contributed by atoms with van der Waals surface area (Å²) in [6.45, 7) is 15.8. The molecule has 0 saturated heterocycles. The molecule has 0 spiro atoms. The summed E-state index contributed by atoms with van der Waals surface area (Å²) in [7, 11) is 2.19. The lowest BCUT2D eigenvalue weighted by molar-refractivity contribution is 0.338. The van der Waals surface area contributed by atoms with E-state index in [2.05, 4.69) is 141 Å². The minimum absolute atomic E-state index is 0.175. The number of hydrogen-bond donors (Lipinski definition) is 0. The number of benzene rings is 3. The van der Waals surface area contributed by atoms with Crippen LogP contribution in [0.3, 0.4) is 0 Å². The average Bonchev–Trinajstić information content (AvgIpc) is 2.73. The van der Waals surface area contributed by atoms with Crippen LogP contribution in [0.2, 0.25) is 0 Å². The maximum atomic E-state index is 3.90. The standard InChI is InChI=1S/C32H41BrN2/c1-23-12-24(2)16-29(15-23)8-10-34(7)32(33)9-11-35(21-30-17-25(3)13-26(4)18-30)22-31-19-27(5)14-28(6)20-31/h9,11-20,32H,8,10,21-22H2,1-7H3/b11-9+. The molecule has 0 N–H and O–H groups in total. The van der Waals surface area contributed by atoms with Gasteiger partial charge in [-0.1, -0.05) is 104 Å². The Hall–Kier alpha value is -2.36. The van der Waals surface area contributed by atoms with Crippen LogP contribution in [0.5, 0.6) is 0 Å². The van der Waals surface area contributed by atoms with Gasteiger partial charge in [0.2, 0.25) is 0 Å². The van der Waals surface area contributed by atoms with Crippen LogP contribution in [-0.4, -0.2) is 28.3 Å². The Morgan fingerprint density at radius 2 is 1.00 bits per heavy atom. The SMILES string of the molecule is Cc1cc(C)cc(CCN(C)C(Br)/C=C/N(Cc2cc(C)cc(C)c2)Cc2cc(C)cc(C)c2)c1. The predicted molar refractivity (Wildman–Crippen MR) is 155 cm³/mol. The van der Waals surface area contributed by atoms with Crippen molar-refractivity contribution in [1.82, 2.24) is 9.80 Å². The van der Waals surface area contributed by atoms with E-state index in [1.54, 1.807) is 0 Å². The summed E-state index contributed by atoms with van der Waals surface area (Å²) in [5.74, 6) is 0. The Kier molecular flexibility index (Phi) is 9.77. The highest BCUT2D eigenvalue weighted by Gasteiger charge is 2.10. The molecule has 2 nitrogen and oxygen atoms in total. The van der Waals surface area contributed by atoms with Crippen molar-refractivity contribution in [2.24, 2.45) is 0 Å². The number of nitrogens with zero attached hydrogens (tertiary/aromatic N) is 2. The Morgan fingerprint density at radius 3 is 1.40 bits per heavy atom. The Balaban J connectivity index is 1.72. The third-order valence-electron chi connectivity index (χ3n) is 6.25. The summed E-state index contributed by atoms with van der Waals surface area (Å²) in [5.41, 5.74) is 12.1. The fraction of sp³-hybridized carbons (Fsp3) is 0.375. The second-order valence-electron chi connectivity index (χ2n) is 10.3. The summed E-state index contributed by atoms with van der Waals surface area (Å²) in [6, 6.07) is 20.5. The second-order valence-corrected chi connectivity index (χ2v) is 11.3. The van der Waals surface area contributed by atoms with E-state index in [0.717, 1.165) is 26.1 Å². The highest BCUT2D eigenvalue weighted by Crippen LogP contribution is 2.18. The van der Waals surface area contributed by atoms with Gasteiger partial charge in [-0.3, -0.25) is 4.90 Å². The van der Waals surface area contributed by atoms with Gasteiger partial charge in [0.1, 0.15) is 0 Å². The van der Waals surface area contributed by atoms with Crippen molar-refractivity contribution < 1.29 is 0 Å². The Bertz CT molecular complexity index is 1050. The van der Waals surface area contributed by atoms with Gasteiger partial charge in [0.25, 0.3) is 0 Å². The molecule has 35 heavy (non-hydrogen) atoms. The molecule has 0 radical (unpaired) electrons. The van der Waals surface area contributed by atoms with Crippen molar-refractivity contribution in [2.45, 2.75) is 66.0 Å². The summed E-state index contributed by atoms with van der Waals surface area (Å²) in [4.78, 5) is 4.96. The number of likely N-dealkylation sites (N-methyl/N-ethyl adjacent to an activating group) is 1. The van der Waals surface area contributed by atoms with Gasteiger partial charge in [-0.15, -0.1) is 0 Å². The topological polar surface area (TPSA) is 6.48 Å². The summed E-state index contributed by atoms with van der Waals surface area (Å²) in [6.07, 6.45) is 5.58.